The molecule has 3 heterocycles. The van der Waals surface area contributed by atoms with Gasteiger partial charge < -0.3 is 15.2 Å². The number of ether oxygens (including phenoxy) is 1. The summed E-state index contributed by atoms with van der Waals surface area (Å²) >= 11 is 0. The van der Waals surface area contributed by atoms with Crippen LogP contribution in [0.25, 0.3) is 0 Å². The lowest BCUT2D eigenvalue weighted by Gasteiger charge is -2.41. The Morgan fingerprint density at radius 2 is 1.67 bits per heavy atom. The van der Waals surface area contributed by atoms with E-state index in [0.717, 1.165) is 19.4 Å². The first-order chi connectivity index (χ1) is 9.74. The highest BCUT2D eigenvalue weighted by Gasteiger charge is 2.55. The van der Waals surface area contributed by atoms with Crippen molar-refractivity contribution >= 4 is 0 Å². The molecule has 3 aliphatic rings. The molecular weight excluding hydrogens is 264 g/mol. The van der Waals surface area contributed by atoms with Gasteiger partial charge in [0.15, 0.2) is 0 Å². The SMILES string of the molecule is CNC1C(CN2C3CCC2CC(O)C3)C(C)(C)OC1(C)C. The Balaban J connectivity index is 1.77. The number of rotatable bonds is 3. The summed E-state index contributed by atoms with van der Waals surface area (Å²) in [5.74, 6) is 0.482. The van der Waals surface area contributed by atoms with Gasteiger partial charge in [0, 0.05) is 30.6 Å². The topological polar surface area (TPSA) is 44.7 Å². The summed E-state index contributed by atoms with van der Waals surface area (Å²) in [6, 6.07) is 1.53. The van der Waals surface area contributed by atoms with E-state index in [1.807, 2.05) is 0 Å². The number of aliphatic hydroxyl groups is 1. The molecule has 4 unspecified atom stereocenters. The van der Waals surface area contributed by atoms with E-state index in [1.165, 1.54) is 12.8 Å². The van der Waals surface area contributed by atoms with Crippen LogP contribution in [-0.2, 0) is 4.74 Å². The van der Waals surface area contributed by atoms with E-state index in [1.54, 1.807) is 0 Å². The largest absolute Gasteiger partial charge is 0.393 e. The number of fused-ring (bicyclic) bond motifs is 2. The number of likely N-dealkylation sites (N-methyl/N-ethyl adjacent to an activating group) is 1. The van der Waals surface area contributed by atoms with Crippen LogP contribution in [0.2, 0.25) is 0 Å². The van der Waals surface area contributed by atoms with Gasteiger partial charge in [0.05, 0.1) is 17.3 Å². The van der Waals surface area contributed by atoms with Crippen molar-refractivity contribution in [3.63, 3.8) is 0 Å². The maximum absolute atomic E-state index is 9.99. The molecule has 4 nitrogen and oxygen atoms in total. The minimum absolute atomic E-state index is 0.0804. The van der Waals surface area contributed by atoms with Crippen LogP contribution in [0.15, 0.2) is 0 Å². The van der Waals surface area contributed by atoms with Crippen LogP contribution in [0, 0.1) is 5.92 Å². The molecule has 0 radical (unpaired) electrons. The maximum Gasteiger partial charge on any atom is 0.0790 e. The predicted molar refractivity (Wildman–Crippen MR) is 84.3 cm³/mol. The van der Waals surface area contributed by atoms with Crippen LogP contribution in [0.3, 0.4) is 0 Å². The third-order valence-corrected chi connectivity index (χ3v) is 6.15. The van der Waals surface area contributed by atoms with Crippen LogP contribution >= 0.6 is 0 Å². The Bertz CT molecular complexity index is 382. The van der Waals surface area contributed by atoms with Crippen molar-refractivity contribution in [1.29, 1.82) is 0 Å². The van der Waals surface area contributed by atoms with Crippen molar-refractivity contribution in [2.24, 2.45) is 5.92 Å². The molecule has 3 aliphatic heterocycles. The second kappa shape index (κ2) is 5.19. The van der Waals surface area contributed by atoms with Gasteiger partial charge in [-0.2, -0.15) is 0 Å². The van der Waals surface area contributed by atoms with Gasteiger partial charge in [-0.3, -0.25) is 4.90 Å². The lowest BCUT2D eigenvalue weighted by Crippen LogP contribution is -2.53. The van der Waals surface area contributed by atoms with Crippen LogP contribution in [0.4, 0.5) is 0 Å². The Kier molecular flexibility index (Phi) is 3.89. The van der Waals surface area contributed by atoms with Gasteiger partial charge in [0.2, 0.25) is 0 Å². The van der Waals surface area contributed by atoms with Crippen LogP contribution in [0.5, 0.6) is 0 Å². The van der Waals surface area contributed by atoms with Crippen molar-refractivity contribution < 1.29 is 9.84 Å². The number of nitrogens with zero attached hydrogens (tertiary/aromatic N) is 1. The lowest BCUT2D eigenvalue weighted by molar-refractivity contribution is -0.0819. The minimum atomic E-state index is -0.128. The summed E-state index contributed by atoms with van der Waals surface area (Å²) in [5, 5.41) is 13.5. The summed E-state index contributed by atoms with van der Waals surface area (Å²) < 4.78 is 6.37. The molecule has 4 atom stereocenters. The van der Waals surface area contributed by atoms with E-state index in [9.17, 15) is 5.11 Å². The number of aliphatic hydroxyl groups excluding tert-OH is 1. The Hall–Kier alpha value is -0.160. The second-order valence-electron chi connectivity index (χ2n) is 8.39. The molecule has 0 saturated carbocycles. The normalized spacial score (nSPS) is 45.1. The molecule has 0 amide bonds. The van der Waals surface area contributed by atoms with Gasteiger partial charge in [0.1, 0.15) is 0 Å². The van der Waals surface area contributed by atoms with Gasteiger partial charge in [-0.05, 0) is 60.4 Å². The van der Waals surface area contributed by atoms with Gasteiger partial charge in [-0.15, -0.1) is 0 Å². The highest BCUT2D eigenvalue weighted by atomic mass is 16.5. The minimum Gasteiger partial charge on any atom is -0.393 e. The zero-order valence-electron chi connectivity index (χ0n) is 14.2. The summed E-state index contributed by atoms with van der Waals surface area (Å²) in [7, 11) is 2.05. The first-order valence-corrected chi connectivity index (χ1v) is 8.56. The third-order valence-electron chi connectivity index (χ3n) is 6.15. The van der Waals surface area contributed by atoms with Crippen LogP contribution in [-0.4, -0.2) is 59.0 Å². The Morgan fingerprint density at radius 3 is 2.19 bits per heavy atom. The van der Waals surface area contributed by atoms with E-state index >= 15 is 0 Å². The maximum atomic E-state index is 9.99. The fourth-order valence-corrected chi connectivity index (χ4v) is 5.35. The monoisotopic (exact) mass is 296 g/mol. The highest BCUT2D eigenvalue weighted by Crippen LogP contribution is 2.45. The quantitative estimate of drug-likeness (QED) is 0.833. The van der Waals surface area contributed by atoms with Crippen LogP contribution in [0.1, 0.15) is 53.4 Å². The molecule has 0 aromatic rings. The standard InChI is InChI=1S/C17H32N2O2/c1-16(2)14(15(18-5)17(3,4)21-16)10-19-11-6-7-12(19)9-13(20)8-11/h11-15,18,20H,6-10H2,1-5H3. The third kappa shape index (κ3) is 2.65. The van der Waals surface area contributed by atoms with Gasteiger partial charge in [-0.1, -0.05) is 0 Å². The first-order valence-electron chi connectivity index (χ1n) is 8.56. The Labute approximate surface area is 129 Å². The molecule has 0 aromatic carbocycles. The second-order valence-corrected chi connectivity index (χ2v) is 8.39. The molecule has 0 aromatic heterocycles. The number of hydrogen-bond acceptors (Lipinski definition) is 4. The fraction of sp³-hybridized carbons (Fsp3) is 1.00. The van der Waals surface area contributed by atoms with E-state index in [-0.39, 0.29) is 17.3 Å². The van der Waals surface area contributed by atoms with Crippen LogP contribution < -0.4 is 5.32 Å². The molecule has 122 valence electrons. The lowest BCUT2D eigenvalue weighted by atomic mass is 9.81. The first kappa shape index (κ1) is 15.7. The van der Waals surface area contributed by atoms with Crippen molar-refractivity contribution in [2.45, 2.75) is 88.8 Å². The molecule has 2 N–H and O–H groups in total. The fourth-order valence-electron chi connectivity index (χ4n) is 5.35. The molecule has 3 fully saturated rings. The smallest absolute Gasteiger partial charge is 0.0790 e. The van der Waals surface area contributed by atoms with Crippen molar-refractivity contribution in [1.82, 2.24) is 10.2 Å². The van der Waals surface area contributed by atoms with E-state index < -0.39 is 0 Å². The molecule has 4 heteroatoms. The molecule has 2 bridgehead atoms. The van der Waals surface area contributed by atoms with Gasteiger partial charge in [-0.25, -0.2) is 0 Å². The molecule has 3 saturated heterocycles. The number of piperidine rings is 1. The van der Waals surface area contributed by atoms with E-state index in [0.29, 0.717) is 24.0 Å². The average molecular weight is 296 g/mol. The van der Waals surface area contributed by atoms with Gasteiger partial charge >= 0.3 is 0 Å². The number of nitrogens with one attached hydrogen (secondary N) is 1. The van der Waals surface area contributed by atoms with Crippen molar-refractivity contribution in [3.8, 4) is 0 Å². The summed E-state index contributed by atoms with van der Waals surface area (Å²) in [5.41, 5.74) is -0.232. The molecule has 0 aliphatic carbocycles. The number of hydrogen-bond donors (Lipinski definition) is 2. The molecular formula is C17H32N2O2. The predicted octanol–water partition coefficient (Wildman–Crippen LogP) is 1.77. The van der Waals surface area contributed by atoms with Gasteiger partial charge in [0.25, 0.3) is 0 Å². The summed E-state index contributed by atoms with van der Waals surface area (Å²) in [6.07, 6.45) is 4.34. The highest BCUT2D eigenvalue weighted by molar-refractivity contribution is 5.07. The summed E-state index contributed by atoms with van der Waals surface area (Å²) in [6.45, 7) is 9.95. The van der Waals surface area contributed by atoms with E-state index in [2.05, 4.69) is 45.0 Å². The van der Waals surface area contributed by atoms with E-state index in [4.69, 9.17) is 4.74 Å². The zero-order chi connectivity index (χ0) is 15.4. The Morgan fingerprint density at radius 1 is 1.10 bits per heavy atom. The zero-order valence-corrected chi connectivity index (χ0v) is 14.2. The molecule has 21 heavy (non-hydrogen) atoms. The summed E-state index contributed by atoms with van der Waals surface area (Å²) in [4.78, 5) is 2.67. The average Bonchev–Trinajstić information content (AvgIpc) is 2.68. The molecule has 3 rings (SSSR count). The van der Waals surface area contributed by atoms with Crippen molar-refractivity contribution in [3.05, 3.63) is 0 Å². The molecule has 0 spiro atoms. The van der Waals surface area contributed by atoms with Crippen molar-refractivity contribution in [2.75, 3.05) is 13.6 Å².